The van der Waals surface area contributed by atoms with Gasteiger partial charge in [0.15, 0.2) is 0 Å². The Morgan fingerprint density at radius 3 is 2.37 bits per heavy atom. The van der Waals surface area contributed by atoms with Gasteiger partial charge in [0.05, 0.1) is 0 Å². The maximum atomic E-state index is 11.5. The molecule has 1 rings (SSSR count). The average Bonchev–Trinajstić information content (AvgIpc) is 2.43. The van der Waals surface area contributed by atoms with Crippen LogP contribution in [0.1, 0.15) is 36.5 Å². The van der Waals surface area contributed by atoms with Crippen LogP contribution in [0.4, 0.5) is 10.5 Å². The van der Waals surface area contributed by atoms with Crippen molar-refractivity contribution in [3.05, 3.63) is 29.8 Å². The number of hydrogen-bond acceptors (Lipinski definition) is 2. The largest absolute Gasteiger partial charge is 0.355 e. The van der Waals surface area contributed by atoms with Crippen molar-refractivity contribution in [2.24, 2.45) is 0 Å². The fourth-order valence-electron chi connectivity index (χ4n) is 1.60. The van der Waals surface area contributed by atoms with Crippen LogP contribution >= 0.6 is 0 Å². The second-order valence-corrected chi connectivity index (χ2v) is 4.24. The number of unbranched alkanes of at least 4 members (excludes halogenated alkanes) is 2. The molecule has 0 aliphatic carbocycles. The third-order valence-corrected chi connectivity index (χ3v) is 2.70. The Balaban J connectivity index is 2.40. The van der Waals surface area contributed by atoms with Crippen LogP contribution in [0.15, 0.2) is 24.3 Å². The number of carbonyl (C=O) groups is 2. The molecule has 0 spiro atoms. The molecule has 0 unspecified atom stereocenters. The molecule has 0 aliphatic rings. The van der Waals surface area contributed by atoms with E-state index in [1.807, 2.05) is 0 Å². The fraction of sp³-hybridized carbons (Fsp3) is 0.429. The van der Waals surface area contributed by atoms with Crippen molar-refractivity contribution in [2.75, 3.05) is 18.9 Å². The molecule has 0 radical (unpaired) electrons. The van der Waals surface area contributed by atoms with Crippen LogP contribution in [0.2, 0.25) is 0 Å². The molecule has 19 heavy (non-hydrogen) atoms. The van der Waals surface area contributed by atoms with Gasteiger partial charge in [0.1, 0.15) is 0 Å². The van der Waals surface area contributed by atoms with Gasteiger partial charge in [-0.2, -0.15) is 0 Å². The van der Waals surface area contributed by atoms with Crippen molar-refractivity contribution in [2.45, 2.75) is 26.2 Å². The molecule has 0 saturated heterocycles. The van der Waals surface area contributed by atoms with E-state index >= 15 is 0 Å². The lowest BCUT2D eigenvalue weighted by Crippen LogP contribution is -2.29. The molecule has 3 amide bonds. The van der Waals surface area contributed by atoms with E-state index in [1.54, 1.807) is 31.3 Å². The van der Waals surface area contributed by atoms with Gasteiger partial charge in [0, 0.05) is 24.8 Å². The average molecular weight is 263 g/mol. The first-order valence-electron chi connectivity index (χ1n) is 6.54. The van der Waals surface area contributed by atoms with Gasteiger partial charge in [-0.1, -0.05) is 19.8 Å². The summed E-state index contributed by atoms with van der Waals surface area (Å²) in [5, 5.41) is 8.05. The summed E-state index contributed by atoms with van der Waals surface area (Å²) < 4.78 is 0. The number of rotatable bonds is 6. The summed E-state index contributed by atoms with van der Waals surface area (Å²) in [6, 6.07) is 6.53. The normalized spacial score (nSPS) is 9.79. The number of nitrogens with one attached hydrogen (secondary N) is 3. The predicted octanol–water partition coefficient (Wildman–Crippen LogP) is 2.36. The summed E-state index contributed by atoms with van der Waals surface area (Å²) in [6.45, 7) is 2.80. The summed E-state index contributed by atoms with van der Waals surface area (Å²) in [5.41, 5.74) is 1.23. The standard InChI is InChI=1S/C14H21N3O2/c1-3-4-5-10-16-14(19)17-12-8-6-11(7-9-12)13(18)15-2/h6-9H,3-5,10H2,1-2H3,(H,15,18)(H2,16,17,19). The maximum Gasteiger partial charge on any atom is 0.319 e. The molecule has 3 N–H and O–H groups in total. The highest BCUT2D eigenvalue weighted by molar-refractivity contribution is 5.95. The molecule has 0 heterocycles. The highest BCUT2D eigenvalue weighted by Gasteiger charge is 2.04. The van der Waals surface area contributed by atoms with Crippen molar-refractivity contribution in [3.8, 4) is 0 Å². The van der Waals surface area contributed by atoms with Crippen molar-refractivity contribution >= 4 is 17.6 Å². The molecular weight excluding hydrogens is 242 g/mol. The predicted molar refractivity (Wildman–Crippen MR) is 76.4 cm³/mol. The van der Waals surface area contributed by atoms with Crippen LogP contribution in [-0.4, -0.2) is 25.5 Å². The van der Waals surface area contributed by atoms with E-state index < -0.39 is 0 Å². The van der Waals surface area contributed by atoms with Gasteiger partial charge in [-0.3, -0.25) is 4.79 Å². The molecule has 104 valence electrons. The van der Waals surface area contributed by atoms with E-state index in [9.17, 15) is 9.59 Å². The van der Waals surface area contributed by atoms with Crippen molar-refractivity contribution < 1.29 is 9.59 Å². The molecule has 0 fully saturated rings. The number of benzene rings is 1. The lowest BCUT2D eigenvalue weighted by atomic mass is 10.2. The van der Waals surface area contributed by atoms with Crippen LogP contribution in [0, 0.1) is 0 Å². The summed E-state index contributed by atoms with van der Waals surface area (Å²) >= 11 is 0. The monoisotopic (exact) mass is 263 g/mol. The summed E-state index contributed by atoms with van der Waals surface area (Å²) in [5.74, 6) is -0.143. The summed E-state index contributed by atoms with van der Waals surface area (Å²) in [6.07, 6.45) is 3.23. The Hall–Kier alpha value is -2.04. The van der Waals surface area contributed by atoms with Gasteiger partial charge in [0.2, 0.25) is 0 Å². The summed E-state index contributed by atoms with van der Waals surface area (Å²) in [7, 11) is 1.58. The Morgan fingerprint density at radius 1 is 1.11 bits per heavy atom. The SMILES string of the molecule is CCCCCNC(=O)Nc1ccc(C(=O)NC)cc1. The number of carbonyl (C=O) groups excluding carboxylic acids is 2. The zero-order valence-electron chi connectivity index (χ0n) is 11.5. The van der Waals surface area contributed by atoms with E-state index in [-0.39, 0.29) is 11.9 Å². The van der Waals surface area contributed by atoms with Gasteiger partial charge in [0.25, 0.3) is 5.91 Å². The Labute approximate surface area is 113 Å². The second kappa shape index (κ2) is 8.13. The first kappa shape index (κ1) is 15.0. The highest BCUT2D eigenvalue weighted by Crippen LogP contribution is 2.09. The zero-order valence-corrected chi connectivity index (χ0v) is 11.5. The molecule has 0 saturated carbocycles. The highest BCUT2D eigenvalue weighted by atomic mass is 16.2. The second-order valence-electron chi connectivity index (χ2n) is 4.24. The first-order valence-corrected chi connectivity index (χ1v) is 6.54. The minimum atomic E-state index is -0.219. The minimum Gasteiger partial charge on any atom is -0.355 e. The van der Waals surface area contributed by atoms with Gasteiger partial charge in [-0.25, -0.2) is 4.79 Å². The van der Waals surface area contributed by atoms with E-state index in [4.69, 9.17) is 0 Å². The molecule has 1 aromatic rings. The topological polar surface area (TPSA) is 70.2 Å². The molecule has 1 aromatic carbocycles. The van der Waals surface area contributed by atoms with Gasteiger partial charge in [-0.05, 0) is 30.7 Å². The number of urea groups is 1. The third kappa shape index (κ3) is 5.42. The van der Waals surface area contributed by atoms with E-state index in [0.717, 1.165) is 19.3 Å². The van der Waals surface area contributed by atoms with Gasteiger partial charge in [-0.15, -0.1) is 0 Å². The number of anilines is 1. The van der Waals surface area contributed by atoms with Crippen molar-refractivity contribution in [3.63, 3.8) is 0 Å². The molecule has 0 aliphatic heterocycles. The zero-order chi connectivity index (χ0) is 14.1. The maximum absolute atomic E-state index is 11.5. The molecule has 0 atom stereocenters. The van der Waals surface area contributed by atoms with Crippen LogP contribution in [0.25, 0.3) is 0 Å². The summed E-state index contributed by atoms with van der Waals surface area (Å²) in [4.78, 5) is 22.9. The quantitative estimate of drug-likeness (QED) is 0.689. The first-order chi connectivity index (χ1) is 9.17. The van der Waals surface area contributed by atoms with Crippen LogP contribution in [0.3, 0.4) is 0 Å². The molecular formula is C14H21N3O2. The third-order valence-electron chi connectivity index (χ3n) is 2.70. The Kier molecular flexibility index (Phi) is 6.43. The lowest BCUT2D eigenvalue weighted by molar-refractivity contribution is 0.0963. The van der Waals surface area contributed by atoms with E-state index in [2.05, 4.69) is 22.9 Å². The van der Waals surface area contributed by atoms with Crippen molar-refractivity contribution in [1.82, 2.24) is 10.6 Å². The minimum absolute atomic E-state index is 0.143. The number of hydrogen-bond donors (Lipinski definition) is 3. The van der Waals surface area contributed by atoms with Gasteiger partial charge >= 0.3 is 6.03 Å². The lowest BCUT2D eigenvalue weighted by Gasteiger charge is -2.08. The van der Waals surface area contributed by atoms with E-state index in [0.29, 0.717) is 17.8 Å². The molecule has 5 nitrogen and oxygen atoms in total. The molecule has 0 bridgehead atoms. The molecule has 0 aromatic heterocycles. The molecule has 5 heteroatoms. The van der Waals surface area contributed by atoms with Gasteiger partial charge < -0.3 is 16.0 Å². The van der Waals surface area contributed by atoms with Crippen molar-refractivity contribution in [1.29, 1.82) is 0 Å². The Morgan fingerprint density at radius 2 is 1.79 bits per heavy atom. The smallest absolute Gasteiger partial charge is 0.319 e. The van der Waals surface area contributed by atoms with Crippen LogP contribution in [-0.2, 0) is 0 Å². The van der Waals surface area contributed by atoms with E-state index in [1.165, 1.54) is 0 Å². The van der Waals surface area contributed by atoms with Crippen LogP contribution < -0.4 is 16.0 Å². The number of amides is 3. The Bertz CT molecular complexity index is 415. The van der Waals surface area contributed by atoms with Crippen LogP contribution in [0.5, 0.6) is 0 Å². The fourth-order valence-corrected chi connectivity index (χ4v) is 1.60.